The first-order valence-corrected chi connectivity index (χ1v) is 18.1. The predicted octanol–water partition coefficient (Wildman–Crippen LogP) is 6.50. The predicted molar refractivity (Wildman–Crippen MR) is 190 cm³/mol. The maximum absolute atomic E-state index is 13.6. The van der Waals surface area contributed by atoms with Crippen LogP contribution in [0.25, 0.3) is 22.2 Å². The number of nitrogens with one attached hydrogen (secondary N) is 3. The number of carbonyl (C=O) groups excluding carboxylic acids is 1. The van der Waals surface area contributed by atoms with Crippen molar-refractivity contribution in [2.45, 2.75) is 32.4 Å². The molecule has 0 bridgehead atoms. The first kappa shape index (κ1) is 35.6. The summed E-state index contributed by atoms with van der Waals surface area (Å²) < 4.78 is 43.6. The average Bonchev–Trinajstić information content (AvgIpc) is 3.54. The molecule has 1 unspecified atom stereocenters. The van der Waals surface area contributed by atoms with E-state index in [9.17, 15) is 13.4 Å². The number of hydroxylamine groups is 1. The molecule has 49 heavy (non-hydrogen) atoms. The second-order valence-corrected chi connectivity index (χ2v) is 14.6. The monoisotopic (exact) mass is 709 g/mol. The Morgan fingerprint density at radius 3 is 2.69 bits per heavy atom. The highest BCUT2D eigenvalue weighted by Gasteiger charge is 2.17. The van der Waals surface area contributed by atoms with Crippen molar-refractivity contribution in [1.29, 1.82) is 0 Å². The highest BCUT2D eigenvalue weighted by Crippen LogP contribution is 2.38. The van der Waals surface area contributed by atoms with Gasteiger partial charge in [-0.1, -0.05) is 23.7 Å². The van der Waals surface area contributed by atoms with Gasteiger partial charge in [0.25, 0.3) is 0 Å². The number of fused-ring (bicyclic) bond motifs is 1. The highest BCUT2D eigenvalue weighted by molar-refractivity contribution is 7.99. The molecule has 0 aliphatic heterocycles. The van der Waals surface area contributed by atoms with E-state index in [1.807, 2.05) is 18.2 Å². The van der Waals surface area contributed by atoms with E-state index < -0.39 is 15.4 Å². The molecule has 0 fully saturated rings. The van der Waals surface area contributed by atoms with Crippen molar-refractivity contribution >= 4 is 55.3 Å². The Kier molecular flexibility index (Phi) is 12.1. The number of nitrogens with zero attached hydrogens (tertiary/aromatic N) is 2. The van der Waals surface area contributed by atoms with Crippen LogP contribution in [-0.4, -0.2) is 56.3 Å². The van der Waals surface area contributed by atoms with E-state index >= 15 is 0 Å². The normalized spacial score (nSPS) is 12.4. The van der Waals surface area contributed by atoms with Crippen LogP contribution in [0.4, 0.5) is 15.9 Å². The van der Waals surface area contributed by atoms with E-state index in [0.717, 1.165) is 0 Å². The minimum atomic E-state index is -2.10. The number of anilines is 2. The van der Waals surface area contributed by atoms with Gasteiger partial charge in [-0.3, -0.25) is 14.2 Å². The zero-order valence-electron chi connectivity index (χ0n) is 26.8. The number of rotatable bonds is 17. The van der Waals surface area contributed by atoms with Gasteiger partial charge in [0.1, 0.15) is 47.6 Å². The fourth-order valence-corrected chi connectivity index (χ4v) is 5.67. The van der Waals surface area contributed by atoms with Crippen molar-refractivity contribution in [1.82, 2.24) is 20.8 Å². The number of ether oxygens (including phenoxy) is 2. The Balaban J connectivity index is 1.37. The molecular formula is C35H37ClFN5O6S. The first-order valence-electron chi connectivity index (χ1n) is 15.5. The largest absolute Gasteiger partial charge is 0.493 e. The Morgan fingerprint density at radius 2 is 1.92 bits per heavy atom. The number of aromatic nitrogens is 2. The van der Waals surface area contributed by atoms with E-state index in [4.69, 9.17) is 30.7 Å². The number of furan rings is 1. The molecule has 2 heterocycles. The molecule has 0 saturated heterocycles. The minimum Gasteiger partial charge on any atom is -0.493 e. The molecule has 5 rings (SSSR count). The van der Waals surface area contributed by atoms with Crippen LogP contribution in [0.1, 0.15) is 30.6 Å². The third-order valence-corrected chi connectivity index (χ3v) is 8.70. The summed E-state index contributed by atoms with van der Waals surface area (Å²) in [7, 11) is -2.10. The summed E-state index contributed by atoms with van der Waals surface area (Å²) in [5.74, 6) is 6.08. The van der Waals surface area contributed by atoms with Gasteiger partial charge in [0, 0.05) is 42.1 Å². The average molecular weight is 710 g/mol. The second kappa shape index (κ2) is 16.6. The Morgan fingerprint density at radius 1 is 1.06 bits per heavy atom. The van der Waals surface area contributed by atoms with E-state index in [1.54, 1.807) is 48.1 Å². The third kappa shape index (κ3) is 10.4. The molecule has 5 aromatic rings. The third-order valence-electron chi connectivity index (χ3n) is 7.33. The lowest BCUT2D eigenvalue weighted by Gasteiger charge is -2.15. The highest BCUT2D eigenvalue weighted by atomic mass is 35.5. The molecule has 11 nitrogen and oxygen atoms in total. The molecule has 0 saturated carbocycles. The standard InChI is InChI=1S/C35H37ClFN5O6S/c1-49(2,45)15-13-38-20-26-10-12-31(48-26)28-18-27-30(19-33(28)46-14-4-3-8-34(43)42-44)39-22-40-35(27)41-25-9-11-32(29(36)17-25)47-21-23-6-5-7-24(37)16-23/h5-7,9-12,16-19,22,38,44H,1,3-4,8,13-15,20-21H2,2H3,(H,42,43)(H,39,40,41). The zero-order valence-corrected chi connectivity index (χ0v) is 28.4. The van der Waals surface area contributed by atoms with Gasteiger partial charge in [0.05, 0.1) is 29.3 Å². The number of unbranched alkanes of at least 4 members (excludes halogenated alkanes) is 1. The summed E-state index contributed by atoms with van der Waals surface area (Å²) in [5, 5.41) is 16.3. The molecular weight excluding hydrogens is 673 g/mol. The van der Waals surface area contributed by atoms with Crippen LogP contribution in [0.3, 0.4) is 0 Å². The van der Waals surface area contributed by atoms with E-state index in [2.05, 4.69) is 26.5 Å². The van der Waals surface area contributed by atoms with E-state index in [-0.39, 0.29) is 18.8 Å². The SMILES string of the molecule is C=S(C)(=O)CCNCc1ccc(-c2cc3c(Nc4ccc(OCc5cccc(F)c5)c(Cl)c4)ncnc3cc2OCCCCC(=O)NO)o1. The Bertz CT molecular complexity index is 2020. The minimum absolute atomic E-state index is 0.160. The quantitative estimate of drug-likeness (QED) is 0.0365. The number of benzene rings is 3. The van der Waals surface area contributed by atoms with Crippen LogP contribution in [0, 0.1) is 5.82 Å². The summed E-state index contributed by atoms with van der Waals surface area (Å²) in [6.07, 6.45) is 4.34. The van der Waals surface area contributed by atoms with Gasteiger partial charge in [-0.05, 0) is 82.3 Å². The Hall–Kier alpha value is -4.69. The van der Waals surface area contributed by atoms with E-state index in [1.165, 1.54) is 18.5 Å². The summed E-state index contributed by atoms with van der Waals surface area (Å²) in [6, 6.07) is 18.8. The van der Waals surface area contributed by atoms with Crippen LogP contribution in [0.15, 0.2) is 77.5 Å². The van der Waals surface area contributed by atoms with Gasteiger partial charge in [-0.2, -0.15) is 0 Å². The van der Waals surface area contributed by atoms with Gasteiger partial charge in [-0.15, -0.1) is 0 Å². The molecule has 4 N–H and O–H groups in total. The fraction of sp³-hybridized carbons (Fsp3) is 0.257. The zero-order chi connectivity index (χ0) is 34.8. The van der Waals surface area contributed by atoms with Crippen molar-refractivity contribution in [2.75, 3.05) is 30.5 Å². The number of hydrogen-bond donors (Lipinski definition) is 4. The number of amides is 1. The molecule has 14 heteroatoms. The Labute approximate surface area is 288 Å². The molecule has 2 aromatic heterocycles. The lowest BCUT2D eigenvalue weighted by Crippen LogP contribution is -2.21. The lowest BCUT2D eigenvalue weighted by molar-refractivity contribution is -0.129. The van der Waals surface area contributed by atoms with Crippen LogP contribution in [0.5, 0.6) is 11.5 Å². The van der Waals surface area contributed by atoms with Gasteiger partial charge in [0.15, 0.2) is 0 Å². The maximum Gasteiger partial charge on any atom is 0.243 e. The molecule has 1 atom stereocenters. The first-order chi connectivity index (χ1) is 23.6. The smallest absolute Gasteiger partial charge is 0.243 e. The van der Waals surface area contributed by atoms with Crippen LogP contribution in [-0.2, 0) is 27.5 Å². The molecule has 258 valence electrons. The van der Waals surface area contributed by atoms with Crippen LogP contribution < -0.4 is 25.6 Å². The lowest BCUT2D eigenvalue weighted by atomic mass is 10.1. The van der Waals surface area contributed by atoms with Crippen molar-refractivity contribution < 1.29 is 32.5 Å². The summed E-state index contributed by atoms with van der Waals surface area (Å²) in [4.78, 5) is 20.3. The number of hydrogen-bond acceptors (Lipinski definition) is 10. The van der Waals surface area contributed by atoms with Crippen LogP contribution in [0.2, 0.25) is 5.02 Å². The summed E-state index contributed by atoms with van der Waals surface area (Å²) >= 11 is 6.55. The molecule has 0 spiro atoms. The molecule has 1 amide bonds. The molecule has 0 radical (unpaired) electrons. The topological polar surface area (TPSA) is 148 Å². The van der Waals surface area contributed by atoms with E-state index in [0.29, 0.717) is 99.9 Å². The van der Waals surface area contributed by atoms with Crippen molar-refractivity contribution in [2.24, 2.45) is 0 Å². The molecule has 0 aliphatic rings. The van der Waals surface area contributed by atoms with Gasteiger partial charge < -0.3 is 24.5 Å². The number of carbonyl (C=O) groups is 1. The van der Waals surface area contributed by atoms with Gasteiger partial charge in [0.2, 0.25) is 5.91 Å². The molecule has 0 aliphatic carbocycles. The van der Waals surface area contributed by atoms with Crippen LogP contribution >= 0.6 is 11.6 Å². The van der Waals surface area contributed by atoms with Gasteiger partial charge >= 0.3 is 0 Å². The summed E-state index contributed by atoms with van der Waals surface area (Å²) in [5.41, 5.74) is 4.25. The van der Waals surface area contributed by atoms with Crippen molar-refractivity contribution in [3.05, 3.63) is 95.2 Å². The van der Waals surface area contributed by atoms with Crippen molar-refractivity contribution in [3.63, 3.8) is 0 Å². The van der Waals surface area contributed by atoms with Crippen molar-refractivity contribution in [3.8, 4) is 22.8 Å². The maximum atomic E-state index is 13.6. The number of halogens is 2. The van der Waals surface area contributed by atoms with Gasteiger partial charge in [-0.25, -0.2) is 19.8 Å². The summed E-state index contributed by atoms with van der Waals surface area (Å²) in [6.45, 7) is 1.44. The fourth-order valence-electron chi connectivity index (χ4n) is 4.86. The second-order valence-electron chi connectivity index (χ2n) is 11.4. The molecule has 3 aromatic carbocycles.